The fourth-order valence-corrected chi connectivity index (χ4v) is 0.761. The summed E-state index contributed by atoms with van der Waals surface area (Å²) >= 11 is 0. The van der Waals surface area contributed by atoms with Crippen molar-refractivity contribution >= 4 is 13.4 Å². The first-order valence-corrected chi connectivity index (χ1v) is 3.48. The van der Waals surface area contributed by atoms with Crippen LogP contribution in [0, 0.1) is 0 Å². The van der Waals surface area contributed by atoms with Crippen molar-refractivity contribution in [1.29, 1.82) is 0 Å². The number of rotatable bonds is 1. The molecule has 0 unspecified atom stereocenters. The second-order valence-electron chi connectivity index (χ2n) is 2.74. The summed E-state index contributed by atoms with van der Waals surface area (Å²) in [7, 11) is 1.96. The van der Waals surface area contributed by atoms with E-state index in [-0.39, 0.29) is 0 Å². The van der Waals surface area contributed by atoms with Crippen LogP contribution in [-0.4, -0.2) is 17.8 Å². The molecule has 1 heterocycles. The van der Waals surface area contributed by atoms with Gasteiger partial charge in [0.1, 0.15) is 0 Å². The third-order valence-corrected chi connectivity index (χ3v) is 1.37. The topological polar surface area (TPSA) is 25.8 Å². The zero-order valence-corrected chi connectivity index (χ0v) is 6.63. The Hall–Kier alpha value is -0.855. The number of nitrogens with zero attached hydrogens (tertiary/aromatic N) is 2. The molecular weight excluding hydrogens is 123 g/mol. The van der Waals surface area contributed by atoms with Crippen LogP contribution in [0.25, 0.3) is 0 Å². The molecule has 0 fully saturated rings. The molecule has 3 heteroatoms. The molecule has 10 heavy (non-hydrogen) atoms. The van der Waals surface area contributed by atoms with Gasteiger partial charge < -0.3 is 0 Å². The number of hydrogen-bond donors (Lipinski definition) is 0. The van der Waals surface area contributed by atoms with E-state index in [2.05, 4.69) is 23.8 Å². The molecule has 0 spiro atoms. The SMILES string of the molecule is Bc1cncc(C(C)C)n1. The second kappa shape index (κ2) is 2.82. The highest BCUT2D eigenvalue weighted by molar-refractivity contribution is 6.30. The van der Waals surface area contributed by atoms with Gasteiger partial charge in [0.05, 0.1) is 5.69 Å². The molecule has 1 aromatic rings. The summed E-state index contributed by atoms with van der Waals surface area (Å²) in [6, 6.07) is 0. The molecule has 0 aliphatic rings. The minimum absolute atomic E-state index is 0.479. The maximum atomic E-state index is 4.31. The van der Waals surface area contributed by atoms with Gasteiger partial charge in [-0.15, -0.1) is 0 Å². The van der Waals surface area contributed by atoms with Crippen molar-refractivity contribution in [3.63, 3.8) is 0 Å². The van der Waals surface area contributed by atoms with E-state index in [0.29, 0.717) is 5.92 Å². The highest BCUT2D eigenvalue weighted by Crippen LogP contribution is 2.06. The average molecular weight is 134 g/mol. The molecule has 0 saturated heterocycles. The van der Waals surface area contributed by atoms with Crippen LogP contribution < -0.4 is 5.59 Å². The van der Waals surface area contributed by atoms with Gasteiger partial charge in [-0.1, -0.05) is 13.8 Å². The lowest BCUT2D eigenvalue weighted by atomic mass is 10.0. The van der Waals surface area contributed by atoms with Gasteiger partial charge in [0.15, 0.2) is 7.85 Å². The van der Waals surface area contributed by atoms with Crippen LogP contribution in [0.3, 0.4) is 0 Å². The van der Waals surface area contributed by atoms with Crippen LogP contribution in [0.1, 0.15) is 25.5 Å². The molecule has 0 saturated carbocycles. The fraction of sp³-hybridized carbons (Fsp3) is 0.429. The second-order valence-corrected chi connectivity index (χ2v) is 2.74. The van der Waals surface area contributed by atoms with E-state index in [0.717, 1.165) is 11.3 Å². The van der Waals surface area contributed by atoms with Crippen LogP contribution in [0.15, 0.2) is 12.4 Å². The van der Waals surface area contributed by atoms with Crippen molar-refractivity contribution in [2.75, 3.05) is 0 Å². The van der Waals surface area contributed by atoms with Crippen LogP contribution in [0.5, 0.6) is 0 Å². The zero-order valence-electron chi connectivity index (χ0n) is 6.63. The summed E-state index contributed by atoms with van der Waals surface area (Å²) in [5.74, 6) is 0.479. The van der Waals surface area contributed by atoms with Gasteiger partial charge in [0.2, 0.25) is 0 Å². The molecule has 1 aromatic heterocycles. The molecule has 0 aliphatic carbocycles. The summed E-state index contributed by atoms with van der Waals surface area (Å²) in [5.41, 5.74) is 2.06. The molecule has 0 aromatic carbocycles. The minimum atomic E-state index is 0.479. The summed E-state index contributed by atoms with van der Waals surface area (Å²) < 4.78 is 0. The first kappa shape index (κ1) is 7.25. The van der Waals surface area contributed by atoms with Crippen LogP contribution >= 0.6 is 0 Å². The standard InChI is InChI=1S/C7H11BN2/c1-5(2)6-3-9-4-7(8)10-6/h3-5H,8H2,1-2H3. The maximum Gasteiger partial charge on any atom is 0.166 e. The molecule has 0 radical (unpaired) electrons. The largest absolute Gasteiger partial charge is 0.265 e. The van der Waals surface area contributed by atoms with Gasteiger partial charge in [0, 0.05) is 18.0 Å². The minimum Gasteiger partial charge on any atom is -0.265 e. The zero-order chi connectivity index (χ0) is 7.56. The Morgan fingerprint density at radius 1 is 1.40 bits per heavy atom. The summed E-state index contributed by atoms with van der Waals surface area (Å²) in [5, 5.41) is 0. The maximum absolute atomic E-state index is 4.31. The molecule has 0 aliphatic heterocycles. The lowest BCUT2D eigenvalue weighted by molar-refractivity contribution is 0.817. The first-order chi connectivity index (χ1) is 4.70. The Kier molecular flexibility index (Phi) is 2.04. The van der Waals surface area contributed by atoms with Crippen molar-refractivity contribution in [2.45, 2.75) is 19.8 Å². The Balaban J connectivity index is 2.96. The van der Waals surface area contributed by atoms with E-state index in [1.54, 1.807) is 6.20 Å². The third-order valence-electron chi connectivity index (χ3n) is 1.37. The molecule has 0 bridgehead atoms. The average Bonchev–Trinajstić information content (AvgIpc) is 1.88. The van der Waals surface area contributed by atoms with E-state index in [9.17, 15) is 0 Å². The summed E-state index contributed by atoms with van der Waals surface area (Å²) in [4.78, 5) is 8.35. The van der Waals surface area contributed by atoms with Gasteiger partial charge in [-0.3, -0.25) is 9.97 Å². The van der Waals surface area contributed by atoms with Gasteiger partial charge >= 0.3 is 0 Å². The van der Waals surface area contributed by atoms with Gasteiger partial charge in [-0.25, -0.2) is 0 Å². The predicted molar refractivity (Wildman–Crippen MR) is 44.3 cm³/mol. The van der Waals surface area contributed by atoms with Crippen LogP contribution in [0.4, 0.5) is 0 Å². The molecule has 1 rings (SSSR count). The first-order valence-electron chi connectivity index (χ1n) is 3.48. The summed E-state index contributed by atoms with van der Waals surface area (Å²) in [6.07, 6.45) is 3.59. The lowest BCUT2D eigenvalue weighted by Crippen LogP contribution is -2.11. The van der Waals surface area contributed by atoms with Crippen molar-refractivity contribution in [3.05, 3.63) is 18.1 Å². The Labute approximate surface area is 62.1 Å². The predicted octanol–water partition coefficient (Wildman–Crippen LogP) is -0.142. The van der Waals surface area contributed by atoms with Crippen LogP contribution in [-0.2, 0) is 0 Å². The van der Waals surface area contributed by atoms with Gasteiger partial charge in [-0.2, -0.15) is 0 Å². The van der Waals surface area contributed by atoms with Crippen molar-refractivity contribution in [3.8, 4) is 0 Å². The lowest BCUT2D eigenvalue weighted by Gasteiger charge is -2.02. The van der Waals surface area contributed by atoms with Crippen molar-refractivity contribution < 1.29 is 0 Å². The highest BCUT2D eigenvalue weighted by atomic mass is 14.8. The number of aromatic nitrogens is 2. The summed E-state index contributed by atoms with van der Waals surface area (Å²) in [6.45, 7) is 4.23. The normalized spacial score (nSPS) is 10.3. The van der Waals surface area contributed by atoms with E-state index in [1.165, 1.54) is 0 Å². The third kappa shape index (κ3) is 1.56. The monoisotopic (exact) mass is 134 g/mol. The fourth-order valence-electron chi connectivity index (χ4n) is 0.761. The van der Waals surface area contributed by atoms with E-state index >= 15 is 0 Å². The quantitative estimate of drug-likeness (QED) is 0.499. The highest BCUT2D eigenvalue weighted by Gasteiger charge is 1.98. The Bertz CT molecular complexity index is 223. The smallest absolute Gasteiger partial charge is 0.166 e. The van der Waals surface area contributed by atoms with Crippen LogP contribution in [0.2, 0.25) is 0 Å². The van der Waals surface area contributed by atoms with Gasteiger partial charge in [0.25, 0.3) is 0 Å². The molecule has 0 atom stereocenters. The van der Waals surface area contributed by atoms with E-state index in [4.69, 9.17) is 0 Å². The molecular formula is C7H11BN2. The molecule has 2 nitrogen and oxygen atoms in total. The molecule has 52 valence electrons. The van der Waals surface area contributed by atoms with Gasteiger partial charge in [-0.05, 0) is 5.92 Å². The molecule has 0 N–H and O–H groups in total. The molecule has 0 amide bonds. The Morgan fingerprint density at radius 3 is 2.50 bits per heavy atom. The van der Waals surface area contributed by atoms with E-state index < -0.39 is 0 Å². The van der Waals surface area contributed by atoms with E-state index in [1.807, 2.05) is 14.0 Å². The number of hydrogen-bond acceptors (Lipinski definition) is 2. The van der Waals surface area contributed by atoms with Crippen molar-refractivity contribution in [2.24, 2.45) is 0 Å². The Morgan fingerprint density at radius 2 is 2.10 bits per heavy atom. The van der Waals surface area contributed by atoms with Crippen molar-refractivity contribution in [1.82, 2.24) is 9.97 Å².